The molecule has 27 heavy (non-hydrogen) atoms. The van der Waals surface area contributed by atoms with Crippen LogP contribution in [0.4, 0.5) is 0 Å². The molecule has 3 aromatic heterocycles. The third-order valence-corrected chi connectivity index (χ3v) is 4.96. The fourth-order valence-electron chi connectivity index (χ4n) is 3.36. The number of aryl methyl sites for hydroxylation is 3. The van der Waals surface area contributed by atoms with Crippen LogP contribution in [0.3, 0.4) is 0 Å². The van der Waals surface area contributed by atoms with Gasteiger partial charge in [0.05, 0.1) is 17.9 Å². The highest BCUT2D eigenvalue weighted by atomic mass is 15.3. The fourth-order valence-corrected chi connectivity index (χ4v) is 3.36. The molecule has 144 valence electrons. The lowest BCUT2D eigenvalue weighted by Crippen LogP contribution is -2.42. The second-order valence-corrected chi connectivity index (χ2v) is 7.08. The van der Waals surface area contributed by atoms with Gasteiger partial charge in [0, 0.05) is 37.7 Å². The highest BCUT2D eigenvalue weighted by Crippen LogP contribution is 2.14. The number of guanidine groups is 1. The molecule has 0 amide bonds. The van der Waals surface area contributed by atoms with Crippen molar-refractivity contribution in [2.75, 3.05) is 7.05 Å². The average Bonchev–Trinajstić information content (AvgIpc) is 3.16. The fraction of sp³-hybridized carbons (Fsp3) is 0.450. The van der Waals surface area contributed by atoms with E-state index in [0.717, 1.165) is 29.4 Å². The van der Waals surface area contributed by atoms with E-state index < -0.39 is 0 Å². The van der Waals surface area contributed by atoms with Gasteiger partial charge in [-0.2, -0.15) is 5.10 Å². The molecule has 7 nitrogen and oxygen atoms in total. The SMILES string of the molecule is CN=C(NCc1cn2c(C)cccc2n1)NC(C)Cc1c(C)nn(C)c1C. The maximum absolute atomic E-state index is 4.66. The number of rotatable bonds is 5. The number of fused-ring (bicyclic) bond motifs is 1. The lowest BCUT2D eigenvalue weighted by molar-refractivity contribution is 0.634. The molecule has 0 radical (unpaired) electrons. The van der Waals surface area contributed by atoms with Crippen molar-refractivity contribution in [3.05, 3.63) is 52.7 Å². The standard InChI is InChI=1S/C20H29N7/c1-13(10-18-15(3)25-26(6)16(18)4)23-20(21-5)22-11-17-12-27-14(2)8-7-9-19(27)24-17/h7-9,12-13H,10-11H2,1-6H3,(H2,21,22,23). The van der Waals surface area contributed by atoms with Gasteiger partial charge >= 0.3 is 0 Å². The number of nitrogens with one attached hydrogen (secondary N) is 2. The maximum atomic E-state index is 4.66. The first-order valence-corrected chi connectivity index (χ1v) is 9.29. The van der Waals surface area contributed by atoms with Gasteiger partial charge in [-0.1, -0.05) is 6.07 Å². The van der Waals surface area contributed by atoms with Crippen molar-refractivity contribution in [3.8, 4) is 0 Å². The predicted molar refractivity (Wildman–Crippen MR) is 109 cm³/mol. The van der Waals surface area contributed by atoms with Crippen LogP contribution in [0.25, 0.3) is 5.65 Å². The van der Waals surface area contributed by atoms with Crippen molar-refractivity contribution < 1.29 is 0 Å². The molecule has 0 fully saturated rings. The van der Waals surface area contributed by atoms with Gasteiger partial charge in [0.2, 0.25) is 0 Å². The van der Waals surface area contributed by atoms with E-state index in [0.29, 0.717) is 6.54 Å². The second-order valence-electron chi connectivity index (χ2n) is 7.08. The molecular formula is C20H29N7. The van der Waals surface area contributed by atoms with Crippen LogP contribution in [0, 0.1) is 20.8 Å². The van der Waals surface area contributed by atoms with Crippen molar-refractivity contribution in [1.82, 2.24) is 29.8 Å². The monoisotopic (exact) mass is 367 g/mol. The minimum absolute atomic E-state index is 0.237. The molecule has 0 aliphatic heterocycles. The summed E-state index contributed by atoms with van der Waals surface area (Å²) in [7, 11) is 3.78. The molecule has 0 spiro atoms. The zero-order valence-electron chi connectivity index (χ0n) is 17.0. The van der Waals surface area contributed by atoms with Crippen LogP contribution in [0.1, 0.15) is 35.3 Å². The molecular weight excluding hydrogens is 338 g/mol. The van der Waals surface area contributed by atoms with Crippen LogP contribution in [-0.2, 0) is 20.0 Å². The van der Waals surface area contributed by atoms with Crippen LogP contribution in [0.2, 0.25) is 0 Å². The number of hydrogen-bond donors (Lipinski definition) is 2. The van der Waals surface area contributed by atoms with Gasteiger partial charge in [0.15, 0.2) is 5.96 Å². The summed E-state index contributed by atoms with van der Waals surface area (Å²) in [6.45, 7) is 9.04. The Bertz CT molecular complexity index is 964. The summed E-state index contributed by atoms with van der Waals surface area (Å²) in [5, 5.41) is 11.3. The summed E-state index contributed by atoms with van der Waals surface area (Å²) in [5.74, 6) is 0.774. The summed E-state index contributed by atoms with van der Waals surface area (Å²) < 4.78 is 4.04. The number of pyridine rings is 1. The van der Waals surface area contributed by atoms with Crippen molar-refractivity contribution >= 4 is 11.6 Å². The summed E-state index contributed by atoms with van der Waals surface area (Å²) >= 11 is 0. The largest absolute Gasteiger partial charge is 0.354 e. The van der Waals surface area contributed by atoms with E-state index in [1.54, 1.807) is 7.05 Å². The predicted octanol–water partition coefficient (Wildman–Crippen LogP) is 2.29. The molecule has 3 heterocycles. The van der Waals surface area contributed by atoms with Crippen LogP contribution in [0.15, 0.2) is 29.4 Å². The Balaban J connectivity index is 1.60. The lowest BCUT2D eigenvalue weighted by Gasteiger charge is -2.18. The topological polar surface area (TPSA) is 71.5 Å². The molecule has 0 saturated heterocycles. The van der Waals surface area contributed by atoms with E-state index in [9.17, 15) is 0 Å². The molecule has 0 aliphatic rings. The Labute approximate surface area is 160 Å². The van der Waals surface area contributed by atoms with E-state index in [4.69, 9.17) is 0 Å². The number of nitrogens with zero attached hydrogens (tertiary/aromatic N) is 5. The Morgan fingerprint density at radius 2 is 2.04 bits per heavy atom. The second kappa shape index (κ2) is 7.82. The number of aliphatic imine (C=N–C) groups is 1. The van der Waals surface area contributed by atoms with E-state index in [2.05, 4.69) is 70.1 Å². The Hall–Kier alpha value is -2.83. The van der Waals surface area contributed by atoms with Gasteiger partial charge in [-0.25, -0.2) is 4.98 Å². The molecule has 3 rings (SSSR count). The Morgan fingerprint density at radius 3 is 2.67 bits per heavy atom. The van der Waals surface area contributed by atoms with Gasteiger partial charge in [0.1, 0.15) is 5.65 Å². The summed E-state index contributed by atoms with van der Waals surface area (Å²) in [4.78, 5) is 9.00. The zero-order valence-corrected chi connectivity index (χ0v) is 17.0. The highest BCUT2D eigenvalue weighted by molar-refractivity contribution is 5.79. The van der Waals surface area contributed by atoms with Crippen molar-refractivity contribution in [2.45, 2.75) is 46.7 Å². The molecule has 0 aromatic carbocycles. The van der Waals surface area contributed by atoms with E-state index in [-0.39, 0.29) is 6.04 Å². The minimum Gasteiger partial charge on any atom is -0.354 e. The molecule has 7 heteroatoms. The van der Waals surface area contributed by atoms with Gasteiger partial charge < -0.3 is 15.0 Å². The van der Waals surface area contributed by atoms with E-state index in [1.165, 1.54) is 17.0 Å². The number of imidazole rings is 1. The first-order valence-electron chi connectivity index (χ1n) is 9.29. The average molecular weight is 368 g/mol. The normalized spacial score (nSPS) is 13.2. The van der Waals surface area contributed by atoms with Gasteiger partial charge in [-0.3, -0.25) is 9.67 Å². The van der Waals surface area contributed by atoms with E-state index in [1.807, 2.05) is 23.9 Å². The number of hydrogen-bond acceptors (Lipinski definition) is 3. The zero-order chi connectivity index (χ0) is 19.6. The summed E-state index contributed by atoms with van der Waals surface area (Å²) in [6, 6.07) is 6.36. The van der Waals surface area contributed by atoms with Gasteiger partial charge in [0.25, 0.3) is 0 Å². The quantitative estimate of drug-likeness (QED) is 0.536. The number of aromatic nitrogens is 4. The lowest BCUT2D eigenvalue weighted by atomic mass is 10.1. The van der Waals surface area contributed by atoms with E-state index >= 15 is 0 Å². The molecule has 1 unspecified atom stereocenters. The molecule has 1 atom stereocenters. The van der Waals surface area contributed by atoms with Crippen molar-refractivity contribution in [2.24, 2.45) is 12.0 Å². The summed E-state index contributed by atoms with van der Waals surface area (Å²) in [6.07, 6.45) is 2.97. The third-order valence-electron chi connectivity index (χ3n) is 4.96. The van der Waals surface area contributed by atoms with Crippen LogP contribution in [0.5, 0.6) is 0 Å². The van der Waals surface area contributed by atoms with Gasteiger partial charge in [-0.15, -0.1) is 0 Å². The Morgan fingerprint density at radius 1 is 1.26 bits per heavy atom. The highest BCUT2D eigenvalue weighted by Gasteiger charge is 2.14. The van der Waals surface area contributed by atoms with Crippen molar-refractivity contribution in [1.29, 1.82) is 0 Å². The third kappa shape index (κ3) is 4.13. The first kappa shape index (κ1) is 18.9. The van der Waals surface area contributed by atoms with Crippen LogP contribution in [-0.4, -0.2) is 38.2 Å². The van der Waals surface area contributed by atoms with Crippen molar-refractivity contribution in [3.63, 3.8) is 0 Å². The molecule has 3 aromatic rings. The smallest absolute Gasteiger partial charge is 0.191 e. The Kier molecular flexibility index (Phi) is 5.48. The first-order chi connectivity index (χ1) is 12.9. The van der Waals surface area contributed by atoms with Crippen LogP contribution < -0.4 is 10.6 Å². The summed E-state index contributed by atoms with van der Waals surface area (Å²) in [5.41, 5.74) is 6.72. The van der Waals surface area contributed by atoms with Crippen LogP contribution >= 0.6 is 0 Å². The molecule has 0 saturated carbocycles. The molecule has 2 N–H and O–H groups in total. The molecule has 0 aliphatic carbocycles. The van der Waals surface area contributed by atoms with Gasteiger partial charge in [-0.05, 0) is 51.8 Å². The molecule has 0 bridgehead atoms. The maximum Gasteiger partial charge on any atom is 0.191 e. The minimum atomic E-state index is 0.237.